The van der Waals surface area contributed by atoms with Gasteiger partial charge in [-0.3, -0.25) is 0 Å². The van der Waals surface area contributed by atoms with E-state index in [0.717, 1.165) is 69.6 Å². The molecule has 0 heterocycles. The summed E-state index contributed by atoms with van der Waals surface area (Å²) in [5, 5.41) is 0. The molecule has 7 nitrogen and oxygen atoms in total. The maximum Gasteiger partial charge on any atom is 1.00 e. The molecule has 0 fully saturated rings. The monoisotopic (exact) mass is 756 g/mol. The van der Waals surface area contributed by atoms with Crippen molar-refractivity contribution in [2.45, 2.75) is 185 Å². The second kappa shape index (κ2) is 34.9. The minimum Gasteiger partial charge on any atom is -0.744 e. The van der Waals surface area contributed by atoms with Gasteiger partial charge in [0.05, 0.1) is 29.2 Å². The second-order valence-corrected chi connectivity index (χ2v) is 15.2. The van der Waals surface area contributed by atoms with E-state index < -0.39 is 27.0 Å². The van der Waals surface area contributed by atoms with Gasteiger partial charge in [0.25, 0.3) is 0 Å². The Kier molecular flexibility index (Phi) is 34.4. The zero-order chi connectivity index (χ0) is 36.5. The van der Waals surface area contributed by atoms with Gasteiger partial charge in [0.2, 0.25) is 0 Å². The molecular weight excluding hydrogens is 688 g/mol. The third-order valence-corrected chi connectivity index (χ3v) is 10.1. The van der Waals surface area contributed by atoms with Crippen LogP contribution in [0.3, 0.4) is 0 Å². The topological polar surface area (TPSA) is 110 Å². The van der Waals surface area contributed by atoms with Crippen molar-refractivity contribution in [3.63, 3.8) is 0 Å². The first kappa shape index (κ1) is 50.2. The Balaban J connectivity index is 0.0000250. The van der Waals surface area contributed by atoms with Crippen LogP contribution in [0.25, 0.3) is 0 Å². The van der Waals surface area contributed by atoms with Crippen molar-refractivity contribution in [1.82, 2.24) is 0 Å². The van der Waals surface area contributed by atoms with Crippen molar-refractivity contribution in [2.75, 3.05) is 13.2 Å². The van der Waals surface area contributed by atoms with Crippen LogP contribution in [0.2, 0.25) is 0 Å². The van der Waals surface area contributed by atoms with Crippen LogP contribution < -0.4 is 51.4 Å². The van der Waals surface area contributed by atoms with Crippen molar-refractivity contribution in [1.29, 1.82) is 0 Å². The molecule has 1 aromatic carbocycles. The number of hydrogen-bond acceptors (Lipinski definition) is 7. The summed E-state index contributed by atoms with van der Waals surface area (Å²) in [6, 6.07) is 3.12. The van der Waals surface area contributed by atoms with Crippen molar-refractivity contribution < 1.29 is 83.4 Å². The van der Waals surface area contributed by atoms with Crippen LogP contribution in [0, 0.1) is 0 Å². The molecule has 1 aromatic rings. The molecule has 51 heavy (non-hydrogen) atoms. The van der Waals surface area contributed by atoms with E-state index in [2.05, 4.69) is 13.2 Å². The number of hydrogen-bond donors (Lipinski definition) is 0. The Morgan fingerprint density at radius 1 is 0.510 bits per heavy atom. The number of allylic oxidation sites excluding steroid dienone is 2. The van der Waals surface area contributed by atoms with Gasteiger partial charge in [-0.25, -0.2) is 18.0 Å². The van der Waals surface area contributed by atoms with E-state index >= 15 is 0 Å². The maximum atomic E-state index is 12.9. The fourth-order valence-corrected chi connectivity index (χ4v) is 6.68. The number of ether oxygens (including phenoxy) is 2. The first-order valence-corrected chi connectivity index (χ1v) is 21.4. The van der Waals surface area contributed by atoms with E-state index in [1.165, 1.54) is 116 Å². The summed E-state index contributed by atoms with van der Waals surface area (Å²) in [7, 11) is -4.81. The van der Waals surface area contributed by atoms with Gasteiger partial charge in [-0.2, -0.15) is 0 Å². The van der Waals surface area contributed by atoms with Crippen LogP contribution in [0.5, 0.6) is 0 Å². The van der Waals surface area contributed by atoms with Crippen LogP contribution in [0.1, 0.15) is 200 Å². The average Bonchev–Trinajstić information content (AvgIpc) is 3.10. The fraction of sp³-hybridized carbons (Fsp3) is 0.714. The molecule has 286 valence electrons. The van der Waals surface area contributed by atoms with Gasteiger partial charge in [-0.1, -0.05) is 153 Å². The van der Waals surface area contributed by atoms with Crippen molar-refractivity contribution in [3.05, 3.63) is 54.6 Å². The standard InChI is InChI=1S/C42H70O7S.K/c1-3-5-7-9-11-13-15-17-19-21-23-25-27-29-31-35-48-41(43)39-34-33-38(50(45,46)47)37-40(39)42(44)49-36-32-30-28-26-24-22-20-18-16-14-12-10-8-6-4-2;/h3-4,33-34,37H,1-2,5-32,35-36H2,(H,45,46,47);/q;+1/p-1. The van der Waals surface area contributed by atoms with Crippen LogP contribution >= 0.6 is 0 Å². The largest absolute Gasteiger partial charge is 1.00 e. The molecule has 0 aliphatic heterocycles. The summed E-state index contributed by atoms with van der Waals surface area (Å²) in [5.74, 6) is -1.55. The molecular formula is C42H69KO7S. The van der Waals surface area contributed by atoms with Gasteiger partial charge in [0, 0.05) is 0 Å². The SMILES string of the molecule is C=CCCCCCCCCCCCCCCCOC(=O)c1ccc(S(=O)(=O)[O-])cc1C(=O)OCCCCCCCCCCCCCCCC=C.[K+]. The number of benzene rings is 1. The molecule has 0 unspecified atom stereocenters. The Morgan fingerprint density at radius 2 is 0.804 bits per heavy atom. The summed E-state index contributed by atoms with van der Waals surface area (Å²) in [4.78, 5) is 25.1. The predicted molar refractivity (Wildman–Crippen MR) is 205 cm³/mol. The molecule has 0 amide bonds. The molecule has 0 saturated carbocycles. The summed E-state index contributed by atoms with van der Waals surface area (Å²) in [5.41, 5.74) is -0.344. The first-order valence-electron chi connectivity index (χ1n) is 20.0. The Hall–Kier alpha value is -0.814. The summed E-state index contributed by atoms with van der Waals surface area (Å²) in [6.07, 6.45) is 37.2. The number of unbranched alkanes of at least 4 members (excludes halogenated alkanes) is 26. The zero-order valence-corrected chi connectivity index (χ0v) is 36.2. The van der Waals surface area contributed by atoms with Crippen molar-refractivity contribution in [3.8, 4) is 0 Å². The minimum absolute atomic E-state index is 0. The van der Waals surface area contributed by atoms with E-state index in [4.69, 9.17) is 9.47 Å². The van der Waals surface area contributed by atoms with E-state index in [0.29, 0.717) is 12.8 Å². The Labute approximate surface area is 354 Å². The van der Waals surface area contributed by atoms with Gasteiger partial charge in [-0.15, -0.1) is 13.2 Å². The molecule has 0 atom stereocenters. The summed E-state index contributed by atoms with van der Waals surface area (Å²) in [6.45, 7) is 7.90. The van der Waals surface area contributed by atoms with E-state index in [1.54, 1.807) is 0 Å². The fourth-order valence-electron chi connectivity index (χ4n) is 6.18. The van der Waals surface area contributed by atoms with Gasteiger partial charge in [-0.05, 0) is 56.7 Å². The summed E-state index contributed by atoms with van der Waals surface area (Å²) >= 11 is 0. The Bertz CT molecular complexity index is 1150. The molecule has 9 heteroatoms. The van der Waals surface area contributed by atoms with Gasteiger partial charge in [0.15, 0.2) is 0 Å². The van der Waals surface area contributed by atoms with E-state index in [9.17, 15) is 22.6 Å². The van der Waals surface area contributed by atoms with Crippen LogP contribution in [0.15, 0.2) is 48.4 Å². The number of carbonyl (C=O) groups is 2. The van der Waals surface area contributed by atoms with Gasteiger partial charge >= 0.3 is 63.3 Å². The predicted octanol–water partition coefficient (Wildman–Crippen LogP) is 9.20. The minimum atomic E-state index is -4.81. The normalized spacial score (nSPS) is 11.2. The van der Waals surface area contributed by atoms with Crippen molar-refractivity contribution >= 4 is 22.1 Å². The molecule has 0 N–H and O–H groups in total. The summed E-state index contributed by atoms with van der Waals surface area (Å²) < 4.78 is 45.6. The van der Waals surface area contributed by atoms with Crippen LogP contribution in [-0.4, -0.2) is 38.1 Å². The second-order valence-electron chi connectivity index (χ2n) is 13.8. The third-order valence-electron chi connectivity index (χ3n) is 9.29. The smallest absolute Gasteiger partial charge is 0.744 e. The average molecular weight is 757 g/mol. The maximum absolute atomic E-state index is 12.9. The zero-order valence-electron chi connectivity index (χ0n) is 32.3. The van der Waals surface area contributed by atoms with E-state index in [1.807, 2.05) is 12.2 Å². The van der Waals surface area contributed by atoms with Gasteiger partial charge < -0.3 is 14.0 Å². The number of carbonyl (C=O) groups excluding carboxylic acids is 2. The molecule has 1 rings (SSSR count). The molecule has 0 radical (unpaired) electrons. The number of rotatable bonds is 35. The van der Waals surface area contributed by atoms with E-state index in [-0.39, 0.29) is 75.7 Å². The molecule has 0 aromatic heterocycles. The Morgan fingerprint density at radius 3 is 1.12 bits per heavy atom. The molecule has 0 spiro atoms. The van der Waals surface area contributed by atoms with Crippen LogP contribution in [0.4, 0.5) is 0 Å². The number of esters is 2. The molecule has 0 saturated heterocycles. The molecule has 0 aliphatic carbocycles. The molecule has 0 bridgehead atoms. The third kappa shape index (κ3) is 28.3. The van der Waals surface area contributed by atoms with Crippen molar-refractivity contribution in [2.24, 2.45) is 0 Å². The van der Waals surface area contributed by atoms with Crippen LogP contribution in [-0.2, 0) is 19.6 Å². The molecule has 0 aliphatic rings. The quantitative estimate of drug-likeness (QED) is 0.0223. The first-order chi connectivity index (χ1) is 24.3. The van der Waals surface area contributed by atoms with Gasteiger partial charge in [0.1, 0.15) is 10.1 Å².